The van der Waals surface area contributed by atoms with Gasteiger partial charge in [-0.1, -0.05) is 49.8 Å². The highest BCUT2D eigenvalue weighted by Gasteiger charge is 2.39. The quantitative estimate of drug-likeness (QED) is 0.613. The van der Waals surface area contributed by atoms with Crippen molar-refractivity contribution in [1.29, 1.82) is 0 Å². The molecule has 1 aliphatic heterocycles. The van der Waals surface area contributed by atoms with E-state index in [9.17, 15) is 5.11 Å². The van der Waals surface area contributed by atoms with Crippen LogP contribution < -0.4 is 0 Å². The summed E-state index contributed by atoms with van der Waals surface area (Å²) in [5, 5.41) is 10.4. The maximum absolute atomic E-state index is 10.4. The Balaban J connectivity index is 1.96. The van der Waals surface area contributed by atoms with Crippen molar-refractivity contribution in [3.05, 3.63) is 48.6 Å². The van der Waals surface area contributed by atoms with E-state index < -0.39 is 6.10 Å². The van der Waals surface area contributed by atoms with Gasteiger partial charge in [0.25, 0.3) is 0 Å². The van der Waals surface area contributed by atoms with Gasteiger partial charge in [0.2, 0.25) is 0 Å². The third-order valence-corrected chi connectivity index (χ3v) is 3.87. The highest BCUT2D eigenvalue weighted by molar-refractivity contribution is 5.16. The minimum absolute atomic E-state index is 0.0261. The normalized spacial score (nSPS) is 26.8. The molecule has 3 nitrogen and oxygen atoms in total. The van der Waals surface area contributed by atoms with Crippen molar-refractivity contribution < 1.29 is 9.84 Å². The van der Waals surface area contributed by atoms with E-state index in [0.29, 0.717) is 0 Å². The van der Waals surface area contributed by atoms with Crippen LogP contribution >= 0.6 is 0 Å². The predicted octanol–water partition coefficient (Wildman–Crippen LogP) is 2.60. The Bertz CT molecular complexity index is 407. The van der Waals surface area contributed by atoms with E-state index in [1.165, 1.54) is 5.56 Å². The Labute approximate surface area is 121 Å². The highest BCUT2D eigenvalue weighted by Crippen LogP contribution is 2.24. The molecular formula is C17H25NO2. The number of rotatable bonds is 7. The van der Waals surface area contributed by atoms with E-state index in [1.807, 2.05) is 24.3 Å². The van der Waals surface area contributed by atoms with Crippen molar-refractivity contribution in [3.63, 3.8) is 0 Å². The zero-order chi connectivity index (χ0) is 14.4. The fraction of sp³-hybridized carbons (Fsp3) is 0.529. The van der Waals surface area contributed by atoms with Gasteiger partial charge in [-0.2, -0.15) is 0 Å². The number of hydrogen-bond donors (Lipinski definition) is 1. The summed E-state index contributed by atoms with van der Waals surface area (Å²) in [6.45, 7) is 8.31. The second-order valence-corrected chi connectivity index (χ2v) is 5.39. The van der Waals surface area contributed by atoms with Crippen LogP contribution in [0.2, 0.25) is 0 Å². The zero-order valence-electron chi connectivity index (χ0n) is 12.2. The summed E-state index contributed by atoms with van der Waals surface area (Å²) in [7, 11) is 0. The smallest absolute Gasteiger partial charge is 0.100 e. The van der Waals surface area contributed by atoms with Gasteiger partial charge in [0.05, 0.1) is 12.1 Å². The third-order valence-electron chi connectivity index (χ3n) is 3.87. The molecule has 3 heteroatoms. The van der Waals surface area contributed by atoms with Crippen LogP contribution in [-0.2, 0) is 11.3 Å². The number of aliphatic hydroxyl groups is 1. The summed E-state index contributed by atoms with van der Waals surface area (Å²) in [6, 6.07) is 10.3. The molecule has 0 unspecified atom stereocenters. The molecule has 0 saturated carbocycles. The summed E-state index contributed by atoms with van der Waals surface area (Å²) in [5.41, 5.74) is 1.25. The second kappa shape index (κ2) is 7.58. The molecule has 0 bridgehead atoms. The van der Waals surface area contributed by atoms with Crippen molar-refractivity contribution in [2.75, 3.05) is 13.2 Å². The molecule has 1 fully saturated rings. The maximum Gasteiger partial charge on any atom is 0.100 e. The number of benzene rings is 1. The number of hydrogen-bond acceptors (Lipinski definition) is 3. The average molecular weight is 275 g/mol. The van der Waals surface area contributed by atoms with Gasteiger partial charge in [0.1, 0.15) is 6.10 Å². The summed E-state index contributed by atoms with van der Waals surface area (Å²) in [5.74, 6) is 0. The lowest BCUT2D eigenvalue weighted by atomic mass is 10.1. The lowest BCUT2D eigenvalue weighted by molar-refractivity contribution is -0.0143. The first-order chi connectivity index (χ1) is 9.76. The Morgan fingerprint density at radius 1 is 1.40 bits per heavy atom. The van der Waals surface area contributed by atoms with Gasteiger partial charge in [0.15, 0.2) is 0 Å². The van der Waals surface area contributed by atoms with Gasteiger partial charge in [-0.05, 0) is 12.0 Å². The molecular weight excluding hydrogens is 250 g/mol. The molecule has 0 aliphatic carbocycles. The lowest BCUT2D eigenvalue weighted by Crippen LogP contribution is -2.34. The second-order valence-electron chi connectivity index (χ2n) is 5.39. The summed E-state index contributed by atoms with van der Waals surface area (Å²) < 4.78 is 5.82. The topological polar surface area (TPSA) is 32.7 Å². The van der Waals surface area contributed by atoms with E-state index in [4.69, 9.17) is 4.74 Å². The van der Waals surface area contributed by atoms with E-state index in [1.54, 1.807) is 0 Å². The largest absolute Gasteiger partial charge is 0.388 e. The van der Waals surface area contributed by atoms with Crippen LogP contribution in [0.25, 0.3) is 0 Å². The Morgan fingerprint density at radius 2 is 2.15 bits per heavy atom. The Kier molecular flexibility index (Phi) is 5.77. The molecule has 0 radical (unpaired) electrons. The van der Waals surface area contributed by atoms with Gasteiger partial charge in [-0.3, -0.25) is 4.90 Å². The molecule has 1 aromatic carbocycles. The van der Waals surface area contributed by atoms with Gasteiger partial charge >= 0.3 is 0 Å². The molecule has 110 valence electrons. The fourth-order valence-electron chi connectivity index (χ4n) is 2.70. The molecule has 1 heterocycles. The van der Waals surface area contributed by atoms with Crippen molar-refractivity contribution in [1.82, 2.24) is 4.90 Å². The first kappa shape index (κ1) is 15.2. The molecule has 1 aliphatic rings. The molecule has 20 heavy (non-hydrogen) atoms. The summed E-state index contributed by atoms with van der Waals surface area (Å²) in [6.07, 6.45) is 3.40. The van der Waals surface area contributed by atoms with Crippen LogP contribution in [0.4, 0.5) is 0 Å². The van der Waals surface area contributed by atoms with Crippen LogP contribution in [0.5, 0.6) is 0 Å². The third kappa shape index (κ3) is 3.69. The van der Waals surface area contributed by atoms with Gasteiger partial charge in [0, 0.05) is 19.7 Å². The van der Waals surface area contributed by atoms with Crippen molar-refractivity contribution >= 4 is 0 Å². The van der Waals surface area contributed by atoms with Crippen molar-refractivity contribution in [2.45, 2.75) is 44.6 Å². The van der Waals surface area contributed by atoms with Gasteiger partial charge in [-0.15, -0.1) is 6.58 Å². The lowest BCUT2D eigenvalue weighted by Gasteiger charge is -2.22. The van der Waals surface area contributed by atoms with Gasteiger partial charge in [-0.25, -0.2) is 0 Å². The standard InChI is InChI=1S/C17H25NO2/c1-3-5-11-20-16-13-18(15(4-2)17(16)19)12-14-9-7-6-8-10-14/h4,6-10,15-17,19H,2-3,5,11-13H2,1H3/t15-,16-,17-/m0/s1. The van der Waals surface area contributed by atoms with E-state index in [-0.39, 0.29) is 12.1 Å². The SMILES string of the molecule is C=C[C@H]1[C@H](O)[C@@H](OCCCC)CN1Cc1ccccc1. The van der Waals surface area contributed by atoms with Gasteiger partial charge < -0.3 is 9.84 Å². The maximum atomic E-state index is 10.4. The minimum atomic E-state index is -0.479. The van der Waals surface area contributed by atoms with Crippen molar-refractivity contribution in [3.8, 4) is 0 Å². The molecule has 1 aromatic rings. The molecule has 1 saturated heterocycles. The Hall–Kier alpha value is -1.16. The van der Waals surface area contributed by atoms with Crippen LogP contribution in [0.3, 0.4) is 0 Å². The number of ether oxygens (including phenoxy) is 1. The minimum Gasteiger partial charge on any atom is -0.388 e. The number of aliphatic hydroxyl groups excluding tert-OH is 1. The van der Waals surface area contributed by atoms with Crippen LogP contribution in [0, 0.1) is 0 Å². The van der Waals surface area contributed by atoms with Crippen molar-refractivity contribution in [2.24, 2.45) is 0 Å². The van der Waals surface area contributed by atoms with E-state index in [0.717, 1.165) is 32.5 Å². The zero-order valence-corrected chi connectivity index (χ0v) is 12.2. The fourth-order valence-corrected chi connectivity index (χ4v) is 2.70. The number of nitrogens with zero attached hydrogens (tertiary/aromatic N) is 1. The van der Waals surface area contributed by atoms with Crippen LogP contribution in [-0.4, -0.2) is 41.4 Å². The monoisotopic (exact) mass is 275 g/mol. The molecule has 1 N–H and O–H groups in total. The number of unbranched alkanes of at least 4 members (excludes halogenated alkanes) is 1. The highest BCUT2D eigenvalue weighted by atomic mass is 16.5. The summed E-state index contributed by atoms with van der Waals surface area (Å²) in [4.78, 5) is 2.24. The van der Waals surface area contributed by atoms with Crippen LogP contribution in [0.15, 0.2) is 43.0 Å². The predicted molar refractivity (Wildman–Crippen MR) is 81.5 cm³/mol. The Morgan fingerprint density at radius 3 is 2.80 bits per heavy atom. The molecule has 0 spiro atoms. The van der Waals surface area contributed by atoms with E-state index >= 15 is 0 Å². The first-order valence-corrected chi connectivity index (χ1v) is 7.46. The molecule has 2 rings (SSSR count). The van der Waals surface area contributed by atoms with Crippen LogP contribution in [0.1, 0.15) is 25.3 Å². The average Bonchev–Trinajstić information content (AvgIpc) is 2.76. The van der Waals surface area contributed by atoms with E-state index in [2.05, 4.69) is 30.5 Å². The summed E-state index contributed by atoms with van der Waals surface area (Å²) >= 11 is 0. The number of likely N-dealkylation sites (tertiary alicyclic amines) is 1. The molecule has 0 aromatic heterocycles. The molecule has 3 atom stereocenters. The first-order valence-electron chi connectivity index (χ1n) is 7.46. The molecule has 0 amide bonds.